The first kappa shape index (κ1) is 16.2. The van der Waals surface area contributed by atoms with Crippen LogP contribution in [0.4, 0.5) is 14.5 Å². The maximum atomic E-state index is 12.2. The quantitative estimate of drug-likeness (QED) is 0.819. The van der Waals surface area contributed by atoms with Gasteiger partial charge in [-0.25, -0.2) is 0 Å². The summed E-state index contributed by atoms with van der Waals surface area (Å²) in [7, 11) is 0. The second kappa shape index (κ2) is 7.72. The van der Waals surface area contributed by atoms with E-state index in [1.165, 1.54) is 0 Å². The van der Waals surface area contributed by atoms with Crippen molar-refractivity contribution in [1.82, 2.24) is 4.90 Å². The lowest BCUT2D eigenvalue weighted by Crippen LogP contribution is -2.43. The maximum absolute atomic E-state index is 12.2. The van der Waals surface area contributed by atoms with E-state index in [-0.39, 0.29) is 11.9 Å². The van der Waals surface area contributed by atoms with Gasteiger partial charge in [0.25, 0.3) is 5.76 Å². The Labute approximate surface area is 127 Å². The van der Waals surface area contributed by atoms with Gasteiger partial charge in [0.05, 0.1) is 6.54 Å². The molecule has 1 amide bonds. The topological polar surface area (TPSA) is 58.4 Å². The van der Waals surface area contributed by atoms with Crippen LogP contribution >= 0.6 is 11.8 Å². The number of benzene rings is 1. The molecular formula is C14H19F2N3OS. The number of carbonyl (C=O) groups is 1. The Hall–Kier alpha value is -1.18. The predicted molar refractivity (Wildman–Crippen MR) is 80.6 cm³/mol. The monoisotopic (exact) mass is 315 g/mol. The second-order valence-corrected chi connectivity index (χ2v) is 6.13. The van der Waals surface area contributed by atoms with E-state index in [0.29, 0.717) is 28.9 Å². The van der Waals surface area contributed by atoms with E-state index in [2.05, 4.69) is 10.2 Å². The second-order valence-electron chi connectivity index (χ2n) is 5.06. The Morgan fingerprint density at radius 1 is 1.33 bits per heavy atom. The standard InChI is InChI=1S/C14H19F2N3OS/c15-14(16)21-12-3-1-11(2-4-12)18-13(20)9-19-7-5-10(17)6-8-19/h1-4,10,14H,5-9,17H2,(H,18,20). The van der Waals surface area contributed by atoms with Crippen LogP contribution in [0.1, 0.15) is 12.8 Å². The third-order valence-corrected chi connectivity index (χ3v) is 4.09. The molecule has 7 heteroatoms. The number of hydrogen-bond acceptors (Lipinski definition) is 4. The summed E-state index contributed by atoms with van der Waals surface area (Å²) >= 11 is 0.489. The lowest BCUT2D eigenvalue weighted by molar-refractivity contribution is -0.117. The summed E-state index contributed by atoms with van der Waals surface area (Å²) in [5.41, 5.74) is 6.44. The number of piperidine rings is 1. The number of nitrogens with two attached hydrogens (primary N) is 1. The molecule has 1 aliphatic rings. The summed E-state index contributed by atoms with van der Waals surface area (Å²) in [6.45, 7) is 2.00. The van der Waals surface area contributed by atoms with Crippen LogP contribution in [0.2, 0.25) is 0 Å². The van der Waals surface area contributed by atoms with Gasteiger partial charge in [-0.1, -0.05) is 11.8 Å². The fourth-order valence-electron chi connectivity index (χ4n) is 2.23. The number of anilines is 1. The number of nitrogens with zero attached hydrogens (tertiary/aromatic N) is 1. The molecule has 1 aromatic carbocycles. The smallest absolute Gasteiger partial charge is 0.288 e. The molecule has 1 heterocycles. The Morgan fingerprint density at radius 2 is 1.95 bits per heavy atom. The summed E-state index contributed by atoms with van der Waals surface area (Å²) in [6, 6.07) is 6.66. The van der Waals surface area contributed by atoms with Crippen molar-refractivity contribution in [2.24, 2.45) is 5.73 Å². The van der Waals surface area contributed by atoms with Gasteiger partial charge in [0, 0.05) is 29.7 Å². The van der Waals surface area contributed by atoms with Crippen LogP contribution in [-0.4, -0.2) is 42.2 Å². The highest BCUT2D eigenvalue weighted by Gasteiger charge is 2.18. The number of carbonyl (C=O) groups excluding carboxylic acids is 1. The number of thioether (sulfide) groups is 1. The lowest BCUT2D eigenvalue weighted by atomic mass is 10.1. The van der Waals surface area contributed by atoms with Crippen LogP contribution in [0.3, 0.4) is 0 Å². The Bertz CT molecular complexity index is 462. The molecule has 1 fully saturated rings. The summed E-state index contributed by atoms with van der Waals surface area (Å²) in [6.07, 6.45) is 1.82. The first-order valence-electron chi connectivity index (χ1n) is 6.85. The van der Waals surface area contributed by atoms with E-state index in [0.717, 1.165) is 25.9 Å². The number of halogens is 2. The normalized spacial score (nSPS) is 17.1. The van der Waals surface area contributed by atoms with Gasteiger partial charge in [-0.05, 0) is 37.1 Å². The lowest BCUT2D eigenvalue weighted by Gasteiger charge is -2.29. The average molecular weight is 315 g/mol. The van der Waals surface area contributed by atoms with Gasteiger partial charge in [-0.15, -0.1) is 0 Å². The van der Waals surface area contributed by atoms with Crippen LogP contribution in [-0.2, 0) is 4.79 Å². The molecule has 1 saturated heterocycles. The van der Waals surface area contributed by atoms with Crippen molar-refractivity contribution in [2.75, 3.05) is 25.0 Å². The summed E-state index contributed by atoms with van der Waals surface area (Å²) < 4.78 is 24.4. The molecule has 1 aliphatic heterocycles. The molecule has 0 saturated carbocycles. The average Bonchev–Trinajstić information content (AvgIpc) is 2.43. The maximum Gasteiger partial charge on any atom is 0.288 e. The number of amides is 1. The molecule has 0 unspecified atom stereocenters. The summed E-state index contributed by atoms with van der Waals surface area (Å²) in [5.74, 6) is -2.53. The third kappa shape index (κ3) is 5.61. The van der Waals surface area contributed by atoms with E-state index in [4.69, 9.17) is 5.73 Å². The highest BCUT2D eigenvalue weighted by molar-refractivity contribution is 7.99. The van der Waals surface area contributed by atoms with Gasteiger partial charge in [0.2, 0.25) is 5.91 Å². The fraction of sp³-hybridized carbons (Fsp3) is 0.500. The van der Waals surface area contributed by atoms with Crippen LogP contribution in [0, 0.1) is 0 Å². The summed E-state index contributed by atoms with van der Waals surface area (Å²) in [4.78, 5) is 14.5. The van der Waals surface area contributed by atoms with Crippen LogP contribution in [0.25, 0.3) is 0 Å². The van der Waals surface area contributed by atoms with Gasteiger partial charge in [0.1, 0.15) is 0 Å². The Balaban J connectivity index is 1.79. The van der Waals surface area contributed by atoms with E-state index in [1.54, 1.807) is 24.3 Å². The van der Waals surface area contributed by atoms with E-state index < -0.39 is 5.76 Å². The molecule has 4 nitrogen and oxygen atoms in total. The number of nitrogens with one attached hydrogen (secondary N) is 1. The predicted octanol–water partition coefficient (Wildman–Crippen LogP) is 2.36. The Morgan fingerprint density at radius 3 is 2.52 bits per heavy atom. The van der Waals surface area contributed by atoms with Crippen molar-refractivity contribution in [3.63, 3.8) is 0 Å². The minimum atomic E-state index is -2.43. The highest BCUT2D eigenvalue weighted by Crippen LogP contribution is 2.26. The van der Waals surface area contributed by atoms with E-state index in [1.807, 2.05) is 0 Å². The molecule has 0 aromatic heterocycles. The zero-order chi connectivity index (χ0) is 15.2. The van der Waals surface area contributed by atoms with Crippen molar-refractivity contribution in [3.8, 4) is 0 Å². The van der Waals surface area contributed by atoms with Gasteiger partial charge < -0.3 is 11.1 Å². The highest BCUT2D eigenvalue weighted by atomic mass is 32.2. The molecule has 2 rings (SSSR count). The molecular weight excluding hydrogens is 296 g/mol. The molecule has 1 aromatic rings. The molecule has 0 bridgehead atoms. The van der Waals surface area contributed by atoms with Crippen molar-refractivity contribution >= 4 is 23.4 Å². The van der Waals surface area contributed by atoms with Crippen LogP contribution in [0.15, 0.2) is 29.2 Å². The number of likely N-dealkylation sites (tertiary alicyclic amines) is 1. The molecule has 0 spiro atoms. The van der Waals surface area contributed by atoms with Crippen molar-refractivity contribution in [3.05, 3.63) is 24.3 Å². The molecule has 0 aliphatic carbocycles. The zero-order valence-corrected chi connectivity index (χ0v) is 12.4. The molecule has 21 heavy (non-hydrogen) atoms. The zero-order valence-electron chi connectivity index (χ0n) is 11.6. The largest absolute Gasteiger partial charge is 0.328 e. The van der Waals surface area contributed by atoms with Gasteiger partial charge in [0.15, 0.2) is 0 Å². The van der Waals surface area contributed by atoms with Gasteiger partial charge in [-0.2, -0.15) is 8.78 Å². The minimum Gasteiger partial charge on any atom is -0.328 e. The Kier molecular flexibility index (Phi) is 5.96. The van der Waals surface area contributed by atoms with Gasteiger partial charge >= 0.3 is 0 Å². The third-order valence-electron chi connectivity index (χ3n) is 3.36. The fourth-order valence-corrected chi connectivity index (χ4v) is 2.73. The van der Waals surface area contributed by atoms with Crippen molar-refractivity contribution in [2.45, 2.75) is 29.5 Å². The van der Waals surface area contributed by atoms with E-state index >= 15 is 0 Å². The van der Waals surface area contributed by atoms with Crippen molar-refractivity contribution < 1.29 is 13.6 Å². The summed E-state index contributed by atoms with van der Waals surface area (Å²) in [5, 5.41) is 2.77. The number of rotatable bonds is 5. The molecule has 0 atom stereocenters. The van der Waals surface area contributed by atoms with Crippen LogP contribution < -0.4 is 11.1 Å². The van der Waals surface area contributed by atoms with Gasteiger partial charge in [-0.3, -0.25) is 9.69 Å². The minimum absolute atomic E-state index is 0.0975. The van der Waals surface area contributed by atoms with Crippen molar-refractivity contribution in [1.29, 1.82) is 0 Å². The first-order valence-corrected chi connectivity index (χ1v) is 7.73. The molecule has 116 valence electrons. The molecule has 3 N–H and O–H groups in total. The number of alkyl halides is 2. The van der Waals surface area contributed by atoms with Crippen LogP contribution in [0.5, 0.6) is 0 Å². The molecule has 0 radical (unpaired) electrons. The number of hydrogen-bond donors (Lipinski definition) is 2. The first-order chi connectivity index (χ1) is 10.0. The SMILES string of the molecule is NC1CCN(CC(=O)Nc2ccc(SC(F)F)cc2)CC1. The van der Waals surface area contributed by atoms with E-state index in [9.17, 15) is 13.6 Å².